The van der Waals surface area contributed by atoms with E-state index in [1.54, 1.807) is 23.2 Å². The number of hydrazine groups is 1. The van der Waals surface area contributed by atoms with Crippen LogP contribution in [0, 0.1) is 5.82 Å². The summed E-state index contributed by atoms with van der Waals surface area (Å²) in [5, 5.41) is 11.7. The quantitative estimate of drug-likeness (QED) is 0.755. The molecular weight excluding hydrogens is 383 g/mol. The predicted molar refractivity (Wildman–Crippen MR) is 107 cm³/mol. The van der Waals surface area contributed by atoms with Crippen molar-refractivity contribution in [3.05, 3.63) is 88.4 Å². The van der Waals surface area contributed by atoms with Gasteiger partial charge in [-0.25, -0.2) is 9.18 Å². The van der Waals surface area contributed by atoms with E-state index >= 15 is 0 Å². The zero-order valence-electron chi connectivity index (χ0n) is 15.0. The van der Waals surface area contributed by atoms with E-state index in [-0.39, 0.29) is 11.3 Å². The molecule has 0 fully saturated rings. The van der Waals surface area contributed by atoms with E-state index in [1.807, 2.05) is 24.3 Å². The number of carboxylic acid groups (broad SMARTS) is 1. The molecule has 0 amide bonds. The summed E-state index contributed by atoms with van der Waals surface area (Å²) in [7, 11) is 1.39. The lowest BCUT2D eigenvalue weighted by Crippen LogP contribution is -2.35. The van der Waals surface area contributed by atoms with Crippen molar-refractivity contribution < 1.29 is 19.0 Å². The van der Waals surface area contributed by atoms with E-state index in [9.17, 15) is 14.3 Å². The van der Waals surface area contributed by atoms with E-state index in [1.165, 1.54) is 31.5 Å². The normalized spacial score (nSPS) is 13.8. The first-order chi connectivity index (χ1) is 13.5. The number of ether oxygens (including phenoxy) is 1. The van der Waals surface area contributed by atoms with Crippen LogP contribution in [0.25, 0.3) is 11.8 Å². The first kappa shape index (κ1) is 19.5. The van der Waals surface area contributed by atoms with Gasteiger partial charge in [0.15, 0.2) is 11.6 Å². The smallest absolute Gasteiger partial charge is 0.337 e. The molecular formula is C21H18ClFN2O3. The Morgan fingerprint density at radius 2 is 2.04 bits per heavy atom. The highest BCUT2D eigenvalue weighted by atomic mass is 35.5. The minimum absolute atomic E-state index is 0.0878. The molecule has 1 aliphatic rings. The summed E-state index contributed by atoms with van der Waals surface area (Å²) in [6.45, 7) is 0.398. The highest BCUT2D eigenvalue weighted by Gasteiger charge is 2.17. The first-order valence-corrected chi connectivity index (χ1v) is 8.80. The SMILES string of the molecule is COc1ccc(C2=CC(C(=O)O)=CN(CC=Cc3ccc(Cl)cc3)N2)cc1F. The summed E-state index contributed by atoms with van der Waals surface area (Å²) in [5.41, 5.74) is 5.13. The summed E-state index contributed by atoms with van der Waals surface area (Å²) in [5.74, 6) is -1.47. The molecule has 0 unspecified atom stereocenters. The first-order valence-electron chi connectivity index (χ1n) is 8.42. The van der Waals surface area contributed by atoms with Crippen LogP contribution in [0.3, 0.4) is 0 Å². The van der Waals surface area contributed by atoms with Gasteiger partial charge in [0.05, 0.1) is 24.9 Å². The van der Waals surface area contributed by atoms with Gasteiger partial charge in [0, 0.05) is 16.8 Å². The molecule has 3 rings (SSSR count). The van der Waals surface area contributed by atoms with Gasteiger partial charge < -0.3 is 9.84 Å². The minimum atomic E-state index is -1.07. The van der Waals surface area contributed by atoms with Crippen molar-refractivity contribution in [3.63, 3.8) is 0 Å². The molecule has 1 aliphatic heterocycles. The third-order valence-electron chi connectivity index (χ3n) is 4.05. The van der Waals surface area contributed by atoms with Gasteiger partial charge in [0.25, 0.3) is 0 Å². The molecule has 28 heavy (non-hydrogen) atoms. The lowest BCUT2D eigenvalue weighted by Gasteiger charge is -2.27. The van der Waals surface area contributed by atoms with Crippen LogP contribution in [0.2, 0.25) is 5.02 Å². The maximum Gasteiger partial charge on any atom is 0.337 e. The Kier molecular flexibility index (Phi) is 6.01. The Bertz CT molecular complexity index is 968. The molecule has 144 valence electrons. The molecule has 2 N–H and O–H groups in total. The fraction of sp³-hybridized carbons (Fsp3) is 0.0952. The van der Waals surface area contributed by atoms with Crippen molar-refractivity contribution in [2.45, 2.75) is 0 Å². The standard InChI is InChI=1S/C21H18ClFN2O3/c1-28-20-9-6-15(11-18(20)23)19-12-16(21(26)27)13-25(24-19)10-2-3-14-4-7-17(22)8-5-14/h2-9,11-13,24H,10H2,1H3,(H,26,27). The van der Waals surface area contributed by atoms with E-state index in [0.717, 1.165) is 5.56 Å². The second-order valence-electron chi connectivity index (χ2n) is 6.02. The van der Waals surface area contributed by atoms with Gasteiger partial charge in [-0.3, -0.25) is 10.4 Å². The lowest BCUT2D eigenvalue weighted by atomic mass is 10.1. The molecule has 1 heterocycles. The van der Waals surface area contributed by atoms with Crippen molar-refractivity contribution in [1.29, 1.82) is 0 Å². The van der Waals surface area contributed by atoms with Crippen LogP contribution < -0.4 is 10.2 Å². The van der Waals surface area contributed by atoms with Gasteiger partial charge in [-0.15, -0.1) is 0 Å². The fourth-order valence-electron chi connectivity index (χ4n) is 2.65. The molecule has 7 heteroatoms. The zero-order valence-corrected chi connectivity index (χ0v) is 15.8. The molecule has 5 nitrogen and oxygen atoms in total. The van der Waals surface area contributed by atoms with Crippen molar-refractivity contribution in [2.24, 2.45) is 0 Å². The molecule has 0 radical (unpaired) electrons. The van der Waals surface area contributed by atoms with Crippen molar-refractivity contribution >= 4 is 29.3 Å². The number of rotatable bonds is 6. The lowest BCUT2D eigenvalue weighted by molar-refractivity contribution is -0.132. The van der Waals surface area contributed by atoms with Gasteiger partial charge in [0.2, 0.25) is 0 Å². The molecule has 0 aromatic heterocycles. The summed E-state index contributed by atoms with van der Waals surface area (Å²) in [6, 6.07) is 11.8. The minimum Gasteiger partial charge on any atom is -0.494 e. The molecule has 0 bridgehead atoms. The van der Waals surface area contributed by atoms with Crippen LogP contribution in [-0.4, -0.2) is 29.7 Å². The van der Waals surface area contributed by atoms with Crippen LogP contribution in [-0.2, 0) is 4.79 Å². The van der Waals surface area contributed by atoms with Gasteiger partial charge in [0.1, 0.15) is 0 Å². The third kappa shape index (κ3) is 4.72. The molecule has 2 aromatic carbocycles. The second kappa shape index (κ2) is 8.63. The number of aliphatic carboxylic acids is 1. The molecule has 0 saturated heterocycles. The fourth-order valence-corrected chi connectivity index (χ4v) is 2.78. The predicted octanol–water partition coefficient (Wildman–Crippen LogP) is 4.33. The Morgan fingerprint density at radius 1 is 1.29 bits per heavy atom. The largest absolute Gasteiger partial charge is 0.494 e. The van der Waals surface area contributed by atoms with Crippen molar-refractivity contribution in [2.75, 3.05) is 13.7 Å². The zero-order chi connectivity index (χ0) is 20.1. The van der Waals surface area contributed by atoms with E-state index in [0.29, 0.717) is 22.8 Å². The average molecular weight is 401 g/mol. The van der Waals surface area contributed by atoms with Gasteiger partial charge >= 0.3 is 5.97 Å². The van der Waals surface area contributed by atoms with Crippen LogP contribution in [0.4, 0.5) is 4.39 Å². The Hall–Kier alpha value is -3.25. The van der Waals surface area contributed by atoms with E-state index < -0.39 is 11.8 Å². The van der Waals surface area contributed by atoms with E-state index in [2.05, 4.69) is 5.43 Å². The van der Waals surface area contributed by atoms with E-state index in [4.69, 9.17) is 16.3 Å². The highest BCUT2D eigenvalue weighted by Crippen LogP contribution is 2.24. The number of nitrogens with one attached hydrogen (secondary N) is 1. The maximum absolute atomic E-state index is 14.0. The third-order valence-corrected chi connectivity index (χ3v) is 4.30. The highest BCUT2D eigenvalue weighted by molar-refractivity contribution is 6.30. The van der Waals surface area contributed by atoms with Gasteiger partial charge in [-0.2, -0.15) is 0 Å². The van der Waals surface area contributed by atoms with Gasteiger partial charge in [-0.1, -0.05) is 35.9 Å². The topological polar surface area (TPSA) is 61.8 Å². The summed E-state index contributed by atoms with van der Waals surface area (Å²) in [6.07, 6.45) is 6.72. The summed E-state index contributed by atoms with van der Waals surface area (Å²) < 4.78 is 19.0. The Balaban J connectivity index is 1.78. The van der Waals surface area contributed by atoms with Crippen LogP contribution in [0.15, 0.2) is 66.4 Å². The Morgan fingerprint density at radius 3 is 2.68 bits per heavy atom. The number of carboxylic acids is 1. The molecule has 0 aliphatic carbocycles. The number of hydrogen-bond donors (Lipinski definition) is 2. The number of hydrogen-bond acceptors (Lipinski definition) is 4. The Labute approximate surface area is 167 Å². The monoisotopic (exact) mass is 400 g/mol. The van der Waals surface area contributed by atoms with Gasteiger partial charge in [-0.05, 0) is 42.0 Å². The number of carbonyl (C=O) groups is 1. The number of halogens is 2. The molecule has 0 atom stereocenters. The number of nitrogens with zero attached hydrogens (tertiary/aromatic N) is 1. The molecule has 2 aromatic rings. The molecule has 0 saturated carbocycles. The van der Waals surface area contributed by atoms with Crippen molar-refractivity contribution in [1.82, 2.24) is 10.4 Å². The average Bonchev–Trinajstić information content (AvgIpc) is 2.69. The van der Waals surface area contributed by atoms with Crippen LogP contribution in [0.5, 0.6) is 5.75 Å². The summed E-state index contributed by atoms with van der Waals surface area (Å²) in [4.78, 5) is 11.5. The van der Waals surface area contributed by atoms with Crippen molar-refractivity contribution in [3.8, 4) is 5.75 Å². The second-order valence-corrected chi connectivity index (χ2v) is 6.45. The molecule has 0 spiro atoms. The maximum atomic E-state index is 14.0. The summed E-state index contributed by atoms with van der Waals surface area (Å²) >= 11 is 5.87. The van der Waals surface area contributed by atoms with Crippen LogP contribution >= 0.6 is 11.6 Å². The number of methoxy groups -OCH3 is 1. The van der Waals surface area contributed by atoms with Crippen LogP contribution in [0.1, 0.15) is 11.1 Å². The number of benzene rings is 2.